The summed E-state index contributed by atoms with van der Waals surface area (Å²) in [7, 11) is -4.29. The number of rotatable bonds is 5. The molecule has 4 heteroatoms. The molecule has 1 atom stereocenters. The minimum Gasteiger partial charge on any atom is -0.285 e. The fourth-order valence-corrected chi connectivity index (χ4v) is 3.51. The van der Waals surface area contributed by atoms with Gasteiger partial charge in [0, 0.05) is 0 Å². The van der Waals surface area contributed by atoms with Crippen molar-refractivity contribution in [2.45, 2.75) is 11.2 Å². The predicted octanol–water partition coefficient (Wildman–Crippen LogP) is 4.93. The zero-order valence-corrected chi connectivity index (χ0v) is 15.0. The van der Waals surface area contributed by atoms with E-state index in [2.05, 4.69) is 0 Å². The molecule has 3 rings (SSSR count). The molecule has 3 nitrogen and oxygen atoms in total. The van der Waals surface area contributed by atoms with E-state index in [1.807, 2.05) is 78.9 Å². The Hall–Kier alpha value is -2.69. The van der Waals surface area contributed by atoms with Crippen LogP contribution in [0.4, 0.5) is 0 Å². The average molecular weight is 364 g/mol. The van der Waals surface area contributed by atoms with E-state index in [0.29, 0.717) is 0 Å². The summed E-state index contributed by atoms with van der Waals surface area (Å²) in [5, 5.41) is 0. The summed E-state index contributed by atoms with van der Waals surface area (Å²) < 4.78 is 32.4. The summed E-state index contributed by atoms with van der Waals surface area (Å²) in [6.07, 6.45) is 12.4. The lowest BCUT2D eigenvalue weighted by Crippen LogP contribution is -2.34. The van der Waals surface area contributed by atoms with E-state index in [1.54, 1.807) is 24.3 Å². The van der Waals surface area contributed by atoms with E-state index in [9.17, 15) is 13.0 Å². The van der Waals surface area contributed by atoms with Crippen LogP contribution in [-0.2, 0) is 10.1 Å². The highest BCUT2D eigenvalue weighted by Gasteiger charge is 2.38. The highest BCUT2D eigenvalue weighted by Crippen LogP contribution is 2.31. The van der Waals surface area contributed by atoms with Crippen LogP contribution in [0.1, 0.15) is 17.5 Å². The van der Waals surface area contributed by atoms with Crippen molar-refractivity contribution in [3.63, 3.8) is 0 Å². The normalized spacial score (nSPS) is 20.6. The predicted molar refractivity (Wildman–Crippen MR) is 107 cm³/mol. The van der Waals surface area contributed by atoms with Crippen LogP contribution in [0.15, 0.2) is 96.6 Å². The standard InChI is InChI=1S/C22H20O3S/c23-26(24,25)22(16-13-20-9-5-2-6-10-20)17-14-21(15-18-22)12-11-19-7-3-1-4-8-19/h1-17H,18H2,(H,23,24,25). The summed E-state index contributed by atoms with van der Waals surface area (Å²) >= 11 is 0. The van der Waals surface area contributed by atoms with Gasteiger partial charge in [-0.1, -0.05) is 103 Å². The summed E-state index contributed by atoms with van der Waals surface area (Å²) in [4.78, 5) is 0. The monoisotopic (exact) mass is 364 g/mol. The second-order valence-corrected chi connectivity index (χ2v) is 7.87. The average Bonchev–Trinajstić information content (AvgIpc) is 2.66. The molecule has 0 saturated carbocycles. The van der Waals surface area contributed by atoms with Crippen LogP contribution in [0, 0.1) is 0 Å². The fraction of sp³-hybridized carbons (Fsp3) is 0.0909. The van der Waals surface area contributed by atoms with Crippen molar-refractivity contribution in [1.29, 1.82) is 0 Å². The molecule has 0 saturated heterocycles. The van der Waals surface area contributed by atoms with Gasteiger partial charge in [0.15, 0.2) is 0 Å². The van der Waals surface area contributed by atoms with E-state index < -0.39 is 14.9 Å². The lowest BCUT2D eigenvalue weighted by Gasteiger charge is -2.25. The third-order valence-corrected chi connectivity index (χ3v) is 5.72. The molecule has 1 unspecified atom stereocenters. The van der Waals surface area contributed by atoms with Crippen LogP contribution in [0.25, 0.3) is 12.2 Å². The summed E-state index contributed by atoms with van der Waals surface area (Å²) in [6.45, 7) is 0. The van der Waals surface area contributed by atoms with Crippen molar-refractivity contribution in [2.24, 2.45) is 0 Å². The molecule has 1 N–H and O–H groups in total. The lowest BCUT2D eigenvalue weighted by molar-refractivity contribution is 0.461. The fourth-order valence-electron chi connectivity index (χ4n) is 2.73. The van der Waals surface area contributed by atoms with Crippen molar-refractivity contribution >= 4 is 22.3 Å². The topological polar surface area (TPSA) is 54.4 Å². The van der Waals surface area contributed by atoms with E-state index in [-0.39, 0.29) is 6.42 Å². The second kappa shape index (κ2) is 7.68. The minimum absolute atomic E-state index is 0.181. The summed E-state index contributed by atoms with van der Waals surface area (Å²) in [5.74, 6) is 0. The molecule has 0 radical (unpaired) electrons. The third kappa shape index (κ3) is 4.28. The first kappa shape index (κ1) is 18.1. The van der Waals surface area contributed by atoms with Gasteiger partial charge >= 0.3 is 0 Å². The highest BCUT2D eigenvalue weighted by atomic mass is 32.2. The van der Waals surface area contributed by atoms with Gasteiger partial charge in [0.25, 0.3) is 10.1 Å². The van der Waals surface area contributed by atoms with Gasteiger partial charge in [-0.3, -0.25) is 4.55 Å². The molecular formula is C22H20O3S. The van der Waals surface area contributed by atoms with Crippen LogP contribution in [0.5, 0.6) is 0 Å². The van der Waals surface area contributed by atoms with Gasteiger partial charge in [0.05, 0.1) is 0 Å². The molecule has 1 aliphatic carbocycles. The molecule has 0 fully saturated rings. The maximum atomic E-state index is 12.0. The van der Waals surface area contributed by atoms with Crippen molar-refractivity contribution in [3.8, 4) is 0 Å². The molecule has 26 heavy (non-hydrogen) atoms. The molecule has 0 spiro atoms. The van der Waals surface area contributed by atoms with E-state index in [0.717, 1.165) is 16.7 Å². The van der Waals surface area contributed by atoms with E-state index in [4.69, 9.17) is 0 Å². The molecule has 0 aliphatic heterocycles. The van der Waals surface area contributed by atoms with Gasteiger partial charge in [-0.25, -0.2) is 0 Å². The molecular weight excluding hydrogens is 344 g/mol. The quantitative estimate of drug-likeness (QED) is 0.766. The highest BCUT2D eigenvalue weighted by molar-refractivity contribution is 7.87. The number of benzene rings is 2. The van der Waals surface area contributed by atoms with E-state index >= 15 is 0 Å². The first-order valence-electron chi connectivity index (χ1n) is 8.32. The number of allylic oxidation sites excluding steroid dienone is 4. The van der Waals surface area contributed by atoms with Gasteiger partial charge in [-0.2, -0.15) is 8.42 Å². The Balaban J connectivity index is 1.82. The Morgan fingerprint density at radius 3 is 1.92 bits per heavy atom. The maximum absolute atomic E-state index is 12.0. The molecule has 1 aliphatic rings. The third-order valence-electron chi connectivity index (χ3n) is 4.32. The van der Waals surface area contributed by atoms with Crippen molar-refractivity contribution < 1.29 is 13.0 Å². The zero-order valence-electron chi connectivity index (χ0n) is 14.2. The van der Waals surface area contributed by atoms with Gasteiger partial charge in [0.1, 0.15) is 4.75 Å². The minimum atomic E-state index is -4.29. The van der Waals surface area contributed by atoms with Gasteiger partial charge in [-0.05, 0) is 23.1 Å². The van der Waals surface area contributed by atoms with Crippen molar-refractivity contribution in [3.05, 3.63) is 108 Å². The maximum Gasteiger partial charge on any atom is 0.278 e. The second-order valence-electron chi connectivity index (χ2n) is 6.16. The van der Waals surface area contributed by atoms with Crippen LogP contribution in [-0.4, -0.2) is 17.7 Å². The SMILES string of the molecule is O=S(=O)(O)C1(C=Cc2ccccc2)C=CC(C=Cc2ccccc2)=CC1. The van der Waals surface area contributed by atoms with E-state index in [1.165, 1.54) is 0 Å². The summed E-state index contributed by atoms with van der Waals surface area (Å²) in [6, 6.07) is 19.3. The van der Waals surface area contributed by atoms with Gasteiger partial charge in [-0.15, -0.1) is 0 Å². The molecule has 0 amide bonds. The van der Waals surface area contributed by atoms with Crippen molar-refractivity contribution in [2.75, 3.05) is 0 Å². The van der Waals surface area contributed by atoms with Gasteiger partial charge in [0.2, 0.25) is 0 Å². The Morgan fingerprint density at radius 1 is 0.846 bits per heavy atom. The Bertz CT molecular complexity index is 969. The molecule has 0 heterocycles. The Morgan fingerprint density at radius 2 is 1.42 bits per heavy atom. The van der Waals surface area contributed by atoms with Gasteiger partial charge < -0.3 is 0 Å². The molecule has 0 bridgehead atoms. The number of hydrogen-bond acceptors (Lipinski definition) is 2. The van der Waals surface area contributed by atoms with Crippen LogP contribution >= 0.6 is 0 Å². The van der Waals surface area contributed by atoms with Crippen LogP contribution in [0.2, 0.25) is 0 Å². The first-order valence-corrected chi connectivity index (χ1v) is 9.76. The Labute approximate surface area is 154 Å². The largest absolute Gasteiger partial charge is 0.285 e. The molecule has 0 aromatic heterocycles. The van der Waals surface area contributed by atoms with Crippen LogP contribution in [0.3, 0.4) is 0 Å². The van der Waals surface area contributed by atoms with Crippen molar-refractivity contribution in [1.82, 2.24) is 0 Å². The zero-order chi connectivity index (χ0) is 18.5. The van der Waals surface area contributed by atoms with Crippen LogP contribution < -0.4 is 0 Å². The smallest absolute Gasteiger partial charge is 0.278 e. The molecule has 2 aromatic rings. The molecule has 2 aromatic carbocycles. The first-order chi connectivity index (χ1) is 12.5. The lowest BCUT2D eigenvalue weighted by atomic mass is 9.94. The Kier molecular flexibility index (Phi) is 5.35. The molecule has 132 valence electrons. The number of hydrogen-bond donors (Lipinski definition) is 1. The summed E-state index contributed by atoms with van der Waals surface area (Å²) in [5.41, 5.74) is 2.85.